The van der Waals surface area contributed by atoms with Crippen LogP contribution in [0.25, 0.3) is 10.2 Å². The van der Waals surface area contributed by atoms with E-state index in [9.17, 15) is 27.6 Å². The number of allylic oxidation sites excluding steroid dienone is 1. The molecule has 3 aromatic rings. The highest BCUT2D eigenvalue weighted by Gasteiger charge is 2.29. The molecule has 1 aliphatic carbocycles. The van der Waals surface area contributed by atoms with Crippen molar-refractivity contribution in [3.8, 4) is 0 Å². The number of ether oxygens (including phenoxy) is 2. The predicted octanol–water partition coefficient (Wildman–Crippen LogP) is 2.49. The highest BCUT2D eigenvalue weighted by Crippen LogP contribution is 2.39. The number of carbonyl (C=O) groups excluding carboxylic acids is 4. The number of esters is 2. The smallest absolute Gasteiger partial charge is 0.341 e. The Labute approximate surface area is 231 Å². The summed E-state index contributed by atoms with van der Waals surface area (Å²) in [7, 11) is -1.68. The second kappa shape index (κ2) is 11.6. The third kappa shape index (κ3) is 6.18. The normalized spacial score (nSPS) is 13.2. The Kier molecular flexibility index (Phi) is 8.47. The van der Waals surface area contributed by atoms with Gasteiger partial charge in [0.25, 0.3) is 5.91 Å². The van der Waals surface area contributed by atoms with Gasteiger partial charge in [0.2, 0.25) is 5.91 Å². The van der Waals surface area contributed by atoms with Gasteiger partial charge in [0.15, 0.2) is 14.6 Å². The maximum atomic E-state index is 12.7. The number of rotatable bonds is 9. The van der Waals surface area contributed by atoms with E-state index >= 15 is 0 Å². The number of amides is 2. The maximum Gasteiger partial charge on any atom is 0.341 e. The first-order valence-corrected chi connectivity index (χ1v) is 15.2. The molecule has 0 unspecified atom stereocenters. The van der Waals surface area contributed by atoms with Gasteiger partial charge < -0.3 is 19.4 Å². The number of hydrogen-bond acceptors (Lipinski definition) is 10. The zero-order chi connectivity index (χ0) is 28.3. The summed E-state index contributed by atoms with van der Waals surface area (Å²) in [6.07, 6.45) is 3.92. The molecule has 0 aliphatic heterocycles. The Bertz CT molecular complexity index is 1680. The Balaban J connectivity index is 1.52. The van der Waals surface area contributed by atoms with Crippen LogP contribution in [0, 0.1) is 0 Å². The van der Waals surface area contributed by atoms with Gasteiger partial charge in [-0.05, 0) is 43.0 Å². The van der Waals surface area contributed by atoms with E-state index in [0.29, 0.717) is 22.2 Å². The number of nitrogens with zero attached hydrogens (tertiary/aromatic N) is 2. The van der Waals surface area contributed by atoms with Crippen molar-refractivity contribution in [2.45, 2.75) is 25.8 Å². The second-order valence-corrected chi connectivity index (χ2v) is 12.8. The van der Waals surface area contributed by atoms with Crippen molar-refractivity contribution in [1.29, 1.82) is 0 Å². The highest BCUT2D eigenvalue weighted by molar-refractivity contribution is 7.92. The molecule has 2 heterocycles. The Hall–Kier alpha value is -3.62. The molecule has 0 spiro atoms. The predicted molar refractivity (Wildman–Crippen MR) is 147 cm³/mol. The Morgan fingerprint density at radius 3 is 2.54 bits per heavy atom. The number of hydrogen-bond donors (Lipinski definition) is 1. The summed E-state index contributed by atoms with van der Waals surface area (Å²) >= 11 is 2.32. The monoisotopic (exact) mass is 591 g/mol. The molecule has 39 heavy (non-hydrogen) atoms. The van der Waals surface area contributed by atoms with Crippen molar-refractivity contribution in [3.05, 3.63) is 57.2 Å². The fraction of sp³-hybridized carbons (Fsp3) is 0.320. The molecule has 2 amide bonds. The van der Waals surface area contributed by atoms with E-state index in [1.54, 1.807) is 28.8 Å². The molecule has 1 aliphatic rings. The van der Waals surface area contributed by atoms with E-state index in [2.05, 4.69) is 16.9 Å². The molecule has 2 aromatic heterocycles. The molecule has 1 aromatic carbocycles. The lowest BCUT2D eigenvalue weighted by molar-refractivity contribution is -0.115. The van der Waals surface area contributed by atoms with Crippen LogP contribution in [0.1, 0.15) is 37.6 Å². The molecular formula is C25H25N3O8S3. The van der Waals surface area contributed by atoms with Crippen molar-refractivity contribution in [1.82, 2.24) is 4.57 Å². The van der Waals surface area contributed by atoms with Crippen LogP contribution in [0.2, 0.25) is 0 Å². The maximum absolute atomic E-state index is 12.7. The van der Waals surface area contributed by atoms with Gasteiger partial charge in [-0.3, -0.25) is 9.59 Å². The molecule has 0 bridgehead atoms. The van der Waals surface area contributed by atoms with E-state index < -0.39 is 45.1 Å². The molecule has 0 radical (unpaired) electrons. The lowest BCUT2D eigenvalue weighted by atomic mass is 10.1. The molecule has 0 saturated heterocycles. The van der Waals surface area contributed by atoms with Crippen LogP contribution in [0.5, 0.6) is 0 Å². The number of thiophene rings is 1. The molecular weight excluding hydrogens is 566 g/mol. The largest absolute Gasteiger partial charge is 0.465 e. The fourth-order valence-electron chi connectivity index (χ4n) is 4.26. The Morgan fingerprint density at radius 2 is 1.85 bits per heavy atom. The second-order valence-electron chi connectivity index (χ2n) is 8.60. The average molecular weight is 592 g/mol. The number of carbonyl (C=O) groups is 4. The molecule has 1 N–H and O–H groups in total. The van der Waals surface area contributed by atoms with E-state index in [4.69, 9.17) is 9.47 Å². The number of nitrogens with one attached hydrogen (secondary N) is 1. The van der Waals surface area contributed by atoms with Crippen molar-refractivity contribution >= 4 is 71.5 Å². The first-order valence-electron chi connectivity index (χ1n) is 11.7. The number of aromatic nitrogens is 1. The van der Waals surface area contributed by atoms with Gasteiger partial charge in [-0.25, -0.2) is 18.0 Å². The number of anilines is 1. The van der Waals surface area contributed by atoms with Crippen LogP contribution in [-0.2, 0) is 48.3 Å². The van der Waals surface area contributed by atoms with Crippen LogP contribution in [0.4, 0.5) is 5.00 Å². The molecule has 0 saturated carbocycles. The number of sulfone groups is 1. The standard InChI is InChI=1S/C25H25N3O8S3/c1-4-10-28-16-9-8-14(23(31)35-2)11-18(16)38-25(28)27-20(30)13-39(33,34)12-19(29)26-22-21(24(32)36-3)15-6-5-7-17(15)37-22/h4,8-9,11H,1,5-7,10,12-13H2,2-3H3,(H,26,29). The number of aryl methyl sites for hydroxylation is 1. The zero-order valence-corrected chi connectivity index (χ0v) is 23.6. The third-order valence-electron chi connectivity index (χ3n) is 5.89. The summed E-state index contributed by atoms with van der Waals surface area (Å²) < 4.78 is 37.2. The number of fused-ring (bicyclic) bond motifs is 2. The third-order valence-corrected chi connectivity index (χ3v) is 9.53. The molecule has 0 atom stereocenters. The Morgan fingerprint density at radius 1 is 1.10 bits per heavy atom. The number of methoxy groups -OCH3 is 2. The van der Waals surface area contributed by atoms with Crippen molar-refractivity contribution in [3.63, 3.8) is 0 Å². The summed E-state index contributed by atoms with van der Waals surface area (Å²) in [4.78, 5) is 54.6. The van der Waals surface area contributed by atoms with E-state index in [-0.39, 0.29) is 21.9 Å². The fourth-order valence-corrected chi connectivity index (χ4v) is 7.66. The average Bonchev–Trinajstić information content (AvgIpc) is 3.55. The number of benzene rings is 1. The first kappa shape index (κ1) is 28.4. The molecule has 14 heteroatoms. The van der Waals surface area contributed by atoms with Gasteiger partial charge in [-0.1, -0.05) is 17.4 Å². The van der Waals surface area contributed by atoms with Gasteiger partial charge >= 0.3 is 11.9 Å². The lowest BCUT2D eigenvalue weighted by Crippen LogP contribution is -2.28. The van der Waals surface area contributed by atoms with E-state index in [1.807, 2.05) is 0 Å². The highest BCUT2D eigenvalue weighted by atomic mass is 32.2. The first-order chi connectivity index (χ1) is 18.6. The zero-order valence-electron chi connectivity index (χ0n) is 21.1. The quantitative estimate of drug-likeness (QED) is 0.295. The van der Waals surface area contributed by atoms with Crippen LogP contribution in [-0.4, -0.2) is 62.5 Å². The van der Waals surface area contributed by atoms with Gasteiger partial charge in [-0.2, -0.15) is 4.99 Å². The van der Waals surface area contributed by atoms with Crippen molar-refractivity contribution < 1.29 is 37.1 Å². The van der Waals surface area contributed by atoms with Gasteiger partial charge in [0, 0.05) is 11.4 Å². The molecule has 0 fully saturated rings. The van der Waals surface area contributed by atoms with E-state index in [1.165, 1.54) is 25.6 Å². The van der Waals surface area contributed by atoms with Crippen molar-refractivity contribution in [2.24, 2.45) is 4.99 Å². The van der Waals surface area contributed by atoms with Crippen LogP contribution < -0.4 is 10.1 Å². The topological polar surface area (TPSA) is 150 Å². The van der Waals surface area contributed by atoms with E-state index in [0.717, 1.165) is 34.6 Å². The number of thiazole rings is 1. The van der Waals surface area contributed by atoms with Crippen LogP contribution in [0.3, 0.4) is 0 Å². The minimum absolute atomic E-state index is 0.215. The van der Waals surface area contributed by atoms with Gasteiger partial charge in [0.1, 0.15) is 16.5 Å². The van der Waals surface area contributed by atoms with Gasteiger partial charge in [0.05, 0.1) is 35.6 Å². The van der Waals surface area contributed by atoms with Crippen LogP contribution >= 0.6 is 22.7 Å². The minimum atomic E-state index is -4.18. The summed E-state index contributed by atoms with van der Waals surface area (Å²) in [5, 5.41) is 2.74. The summed E-state index contributed by atoms with van der Waals surface area (Å²) in [6, 6.07) is 4.84. The summed E-state index contributed by atoms with van der Waals surface area (Å²) in [6.45, 7) is 3.99. The summed E-state index contributed by atoms with van der Waals surface area (Å²) in [5.74, 6) is -4.89. The van der Waals surface area contributed by atoms with Gasteiger partial charge in [-0.15, -0.1) is 17.9 Å². The molecule has 11 nitrogen and oxygen atoms in total. The van der Waals surface area contributed by atoms with Crippen molar-refractivity contribution in [2.75, 3.05) is 31.0 Å². The minimum Gasteiger partial charge on any atom is -0.465 e. The van der Waals surface area contributed by atoms with Crippen LogP contribution in [0.15, 0.2) is 35.8 Å². The molecule has 206 valence electrons. The SMILES string of the molecule is C=CCn1c(=NC(=O)CS(=O)(=O)CC(=O)Nc2sc3c(c2C(=O)OC)CCC3)sc2cc(C(=O)OC)ccc21. The lowest BCUT2D eigenvalue weighted by Gasteiger charge is -2.07. The summed E-state index contributed by atoms with van der Waals surface area (Å²) in [5.41, 5.74) is 2.05. The molecule has 4 rings (SSSR count).